The highest BCUT2D eigenvalue weighted by Gasteiger charge is 2.23. The first-order chi connectivity index (χ1) is 10.4. The molecule has 1 fully saturated rings. The Morgan fingerprint density at radius 1 is 1.27 bits per heavy atom. The normalized spacial score (nSPS) is 18.1. The van der Waals surface area contributed by atoms with Crippen molar-refractivity contribution in [3.63, 3.8) is 0 Å². The van der Waals surface area contributed by atoms with Crippen LogP contribution in [0.5, 0.6) is 0 Å². The second kappa shape index (κ2) is 6.13. The Morgan fingerprint density at radius 2 is 2.00 bits per heavy atom. The first kappa shape index (κ1) is 15.7. The van der Waals surface area contributed by atoms with Crippen LogP contribution in [-0.2, 0) is 16.6 Å². The van der Waals surface area contributed by atoms with E-state index in [0.717, 1.165) is 29.8 Å². The molecule has 0 atom stereocenters. The number of benzene rings is 1. The Morgan fingerprint density at radius 3 is 2.68 bits per heavy atom. The van der Waals surface area contributed by atoms with Gasteiger partial charge in [-0.15, -0.1) is 0 Å². The Hall–Kier alpha value is -1.19. The summed E-state index contributed by atoms with van der Waals surface area (Å²) in [5.41, 5.74) is 1.83. The molecule has 120 valence electrons. The van der Waals surface area contributed by atoms with E-state index >= 15 is 0 Å². The average molecular weight is 344 g/mol. The van der Waals surface area contributed by atoms with Gasteiger partial charge in [-0.3, -0.25) is 0 Å². The van der Waals surface area contributed by atoms with Crippen LogP contribution in [0.1, 0.15) is 5.82 Å². The summed E-state index contributed by atoms with van der Waals surface area (Å²) in [6, 6.07) is 5.57. The zero-order valence-corrected chi connectivity index (χ0v) is 13.6. The van der Waals surface area contributed by atoms with Crippen molar-refractivity contribution in [3.8, 4) is 0 Å². The van der Waals surface area contributed by atoms with Crippen LogP contribution in [0, 0.1) is 0 Å². The van der Waals surface area contributed by atoms with E-state index in [1.165, 1.54) is 4.31 Å². The Labute approximate surface area is 134 Å². The van der Waals surface area contributed by atoms with Gasteiger partial charge in [-0.2, -0.15) is 12.7 Å². The van der Waals surface area contributed by atoms with Crippen molar-refractivity contribution < 1.29 is 8.42 Å². The zero-order valence-electron chi connectivity index (χ0n) is 12.0. The number of nitrogens with one attached hydrogen (secondary N) is 1. The Kier molecular flexibility index (Phi) is 4.37. The number of rotatable bonds is 4. The van der Waals surface area contributed by atoms with Gasteiger partial charge in [0.25, 0.3) is 10.2 Å². The maximum absolute atomic E-state index is 11.3. The predicted molar refractivity (Wildman–Crippen MR) is 85.9 cm³/mol. The number of H-pyrrole nitrogens is 1. The minimum Gasteiger partial charge on any atom is -0.342 e. The molecule has 22 heavy (non-hydrogen) atoms. The van der Waals surface area contributed by atoms with Gasteiger partial charge in [0.05, 0.1) is 11.0 Å². The minimum absolute atomic E-state index is 0.439. The molecule has 0 amide bonds. The third-order valence-corrected chi connectivity index (χ3v) is 5.17. The summed E-state index contributed by atoms with van der Waals surface area (Å²) in [5, 5.41) is 5.81. The van der Waals surface area contributed by atoms with Crippen molar-refractivity contribution in [3.05, 3.63) is 29.0 Å². The third-order valence-electron chi connectivity index (χ3n) is 3.85. The fourth-order valence-corrected chi connectivity index (χ4v) is 3.47. The van der Waals surface area contributed by atoms with Crippen LogP contribution in [0.3, 0.4) is 0 Å². The van der Waals surface area contributed by atoms with E-state index in [9.17, 15) is 8.42 Å². The van der Waals surface area contributed by atoms with Gasteiger partial charge in [0.15, 0.2) is 0 Å². The van der Waals surface area contributed by atoms with E-state index in [-0.39, 0.29) is 0 Å². The van der Waals surface area contributed by atoms with Crippen molar-refractivity contribution in [1.29, 1.82) is 0 Å². The largest absolute Gasteiger partial charge is 0.342 e. The molecule has 1 aromatic heterocycles. The molecule has 9 heteroatoms. The fraction of sp³-hybridized carbons (Fsp3) is 0.462. The first-order valence-electron chi connectivity index (χ1n) is 7.06. The standard InChI is InChI=1S/C13H18ClN5O2S/c14-10-1-2-11-12(9-10)17-13(16-11)3-4-18-5-7-19(8-6-18)22(15,20)21/h1-2,9H,3-8H2,(H,16,17)(H2,15,20,21). The SMILES string of the molecule is NS(=O)(=O)N1CCN(CCc2nc3ccc(Cl)cc3[nH]2)CC1. The highest BCUT2D eigenvalue weighted by Crippen LogP contribution is 2.17. The van der Waals surface area contributed by atoms with Gasteiger partial charge in [0.1, 0.15) is 5.82 Å². The number of imidazole rings is 1. The van der Waals surface area contributed by atoms with Crippen LogP contribution >= 0.6 is 11.6 Å². The smallest absolute Gasteiger partial charge is 0.276 e. The summed E-state index contributed by atoms with van der Waals surface area (Å²) < 4.78 is 23.8. The molecule has 0 aliphatic carbocycles. The molecule has 2 aromatic rings. The van der Waals surface area contributed by atoms with Crippen molar-refractivity contribution in [2.75, 3.05) is 32.7 Å². The lowest BCUT2D eigenvalue weighted by molar-refractivity contribution is 0.189. The summed E-state index contributed by atoms with van der Waals surface area (Å²) in [6.07, 6.45) is 0.779. The van der Waals surface area contributed by atoms with Crippen LogP contribution in [0.2, 0.25) is 5.02 Å². The minimum atomic E-state index is -3.56. The number of fused-ring (bicyclic) bond motifs is 1. The van der Waals surface area contributed by atoms with Gasteiger partial charge in [0, 0.05) is 44.2 Å². The molecule has 0 spiro atoms. The van der Waals surface area contributed by atoms with Gasteiger partial charge in [-0.05, 0) is 18.2 Å². The predicted octanol–water partition coefficient (Wildman–Crippen LogP) is 0.580. The van der Waals surface area contributed by atoms with Gasteiger partial charge in [0.2, 0.25) is 0 Å². The molecule has 0 unspecified atom stereocenters. The van der Waals surface area contributed by atoms with E-state index in [4.69, 9.17) is 16.7 Å². The monoisotopic (exact) mass is 343 g/mol. The Balaban J connectivity index is 1.56. The number of halogens is 1. The highest BCUT2D eigenvalue weighted by atomic mass is 35.5. The number of hydrogen-bond acceptors (Lipinski definition) is 4. The lowest BCUT2D eigenvalue weighted by Crippen LogP contribution is -2.50. The average Bonchev–Trinajstić information content (AvgIpc) is 2.86. The molecule has 0 saturated carbocycles. The van der Waals surface area contributed by atoms with Crippen LogP contribution in [-0.4, -0.2) is 60.3 Å². The molecule has 3 rings (SSSR count). The van der Waals surface area contributed by atoms with Crippen molar-refractivity contribution >= 4 is 32.8 Å². The molecule has 2 heterocycles. The lowest BCUT2D eigenvalue weighted by atomic mass is 10.3. The Bertz CT molecular complexity index is 768. The topological polar surface area (TPSA) is 95.3 Å². The molecule has 0 bridgehead atoms. The highest BCUT2D eigenvalue weighted by molar-refractivity contribution is 7.86. The maximum atomic E-state index is 11.3. The van der Waals surface area contributed by atoms with E-state index in [1.807, 2.05) is 18.2 Å². The van der Waals surface area contributed by atoms with Crippen LogP contribution in [0.4, 0.5) is 0 Å². The van der Waals surface area contributed by atoms with Crippen molar-refractivity contribution in [2.24, 2.45) is 5.14 Å². The number of hydrogen-bond donors (Lipinski definition) is 2. The molecule has 1 aromatic carbocycles. The summed E-state index contributed by atoms with van der Waals surface area (Å²) in [5.74, 6) is 0.908. The van der Waals surface area contributed by atoms with E-state index < -0.39 is 10.2 Å². The van der Waals surface area contributed by atoms with E-state index in [1.54, 1.807) is 0 Å². The van der Waals surface area contributed by atoms with Gasteiger partial charge < -0.3 is 9.88 Å². The molecular formula is C13H18ClN5O2S. The van der Waals surface area contributed by atoms with Gasteiger partial charge in [-0.25, -0.2) is 10.1 Å². The van der Waals surface area contributed by atoms with E-state index in [0.29, 0.717) is 31.2 Å². The van der Waals surface area contributed by atoms with Crippen LogP contribution < -0.4 is 5.14 Å². The first-order valence-corrected chi connectivity index (χ1v) is 8.94. The quantitative estimate of drug-likeness (QED) is 0.848. The van der Waals surface area contributed by atoms with Crippen LogP contribution in [0.15, 0.2) is 18.2 Å². The molecule has 0 radical (unpaired) electrons. The molecule has 7 nitrogen and oxygen atoms in total. The van der Waals surface area contributed by atoms with Crippen molar-refractivity contribution in [2.45, 2.75) is 6.42 Å². The summed E-state index contributed by atoms with van der Waals surface area (Å²) in [7, 11) is -3.56. The molecule has 3 N–H and O–H groups in total. The lowest BCUT2D eigenvalue weighted by Gasteiger charge is -2.32. The summed E-state index contributed by atoms with van der Waals surface area (Å²) in [6.45, 7) is 3.07. The number of aromatic nitrogens is 2. The van der Waals surface area contributed by atoms with Crippen LogP contribution in [0.25, 0.3) is 11.0 Å². The number of piperazine rings is 1. The second-order valence-electron chi connectivity index (χ2n) is 5.38. The fourth-order valence-electron chi connectivity index (χ4n) is 2.62. The summed E-state index contributed by atoms with van der Waals surface area (Å²) in [4.78, 5) is 10.00. The molecule has 1 aliphatic heterocycles. The van der Waals surface area contributed by atoms with Gasteiger partial charge >= 0.3 is 0 Å². The molecule has 1 aliphatic rings. The van der Waals surface area contributed by atoms with Crippen molar-refractivity contribution in [1.82, 2.24) is 19.2 Å². The molecule has 1 saturated heterocycles. The number of nitrogens with two attached hydrogens (primary N) is 1. The summed E-state index contributed by atoms with van der Waals surface area (Å²) >= 11 is 5.96. The third kappa shape index (κ3) is 3.58. The van der Waals surface area contributed by atoms with E-state index in [2.05, 4.69) is 14.9 Å². The second-order valence-corrected chi connectivity index (χ2v) is 7.36. The number of aromatic amines is 1. The number of nitrogens with zero attached hydrogens (tertiary/aromatic N) is 3. The maximum Gasteiger partial charge on any atom is 0.276 e. The zero-order chi connectivity index (χ0) is 15.7. The van der Waals surface area contributed by atoms with Gasteiger partial charge in [-0.1, -0.05) is 11.6 Å². The molecular weight excluding hydrogens is 326 g/mol.